The molecule has 0 aliphatic heterocycles. The Hall–Kier alpha value is -2.05. The molecule has 0 spiro atoms. The van der Waals surface area contributed by atoms with Gasteiger partial charge in [-0.15, -0.1) is 0 Å². The van der Waals surface area contributed by atoms with Crippen molar-refractivity contribution in [3.63, 3.8) is 0 Å². The summed E-state index contributed by atoms with van der Waals surface area (Å²) < 4.78 is 22.9. The first-order valence-corrected chi connectivity index (χ1v) is 9.60. The van der Waals surface area contributed by atoms with Crippen LogP contribution in [0.1, 0.15) is 38.2 Å². The fourth-order valence-electron chi connectivity index (χ4n) is 2.78. The molecule has 0 aliphatic carbocycles. The molecule has 24 heavy (non-hydrogen) atoms. The number of hydrogen-bond donors (Lipinski definition) is 3. The normalized spacial score (nSPS) is 14.3. The average molecular weight is 347 g/mol. The van der Waals surface area contributed by atoms with Gasteiger partial charge in [0.25, 0.3) is 0 Å². The number of benzene rings is 2. The van der Waals surface area contributed by atoms with Crippen molar-refractivity contribution in [2.24, 2.45) is 5.14 Å². The van der Waals surface area contributed by atoms with Crippen LogP contribution < -0.4 is 16.6 Å². The lowest BCUT2D eigenvalue weighted by molar-refractivity contribution is 0.549. The van der Waals surface area contributed by atoms with Crippen molar-refractivity contribution in [1.29, 1.82) is 0 Å². The Balaban J connectivity index is 2.22. The molecule has 0 heterocycles. The number of sulfonamides is 1. The third kappa shape index (κ3) is 4.27. The molecule has 2 aromatic rings. The lowest BCUT2D eigenvalue weighted by Gasteiger charge is -2.19. The van der Waals surface area contributed by atoms with Crippen molar-refractivity contribution in [2.45, 2.75) is 37.9 Å². The molecule has 0 saturated heterocycles. The van der Waals surface area contributed by atoms with Crippen LogP contribution in [0.3, 0.4) is 0 Å². The minimum absolute atomic E-state index is 0.156. The van der Waals surface area contributed by atoms with E-state index in [-0.39, 0.29) is 5.92 Å². The standard InChI is InChI=1S/C18H25N3O2S/c1-3-13(10-12(2)24(21,22)23)14-4-6-15(7-5-14)16-8-9-17(19)18(20)11-16/h4-9,11-13H,3,10,19-20H2,1-2H3,(H2,21,22,23)/t12?,13-/m1/s1. The summed E-state index contributed by atoms with van der Waals surface area (Å²) in [4.78, 5) is 0. The van der Waals surface area contributed by atoms with Gasteiger partial charge in [-0.3, -0.25) is 0 Å². The van der Waals surface area contributed by atoms with Crippen LogP contribution in [0.15, 0.2) is 42.5 Å². The Kier molecular flexibility index (Phi) is 5.51. The summed E-state index contributed by atoms with van der Waals surface area (Å²) in [5, 5.41) is 4.68. The summed E-state index contributed by atoms with van der Waals surface area (Å²) in [7, 11) is -3.50. The monoisotopic (exact) mass is 347 g/mol. The van der Waals surface area contributed by atoms with Crippen LogP contribution in [0.2, 0.25) is 0 Å². The summed E-state index contributed by atoms with van der Waals surface area (Å²) >= 11 is 0. The summed E-state index contributed by atoms with van der Waals surface area (Å²) in [6.07, 6.45) is 1.37. The highest BCUT2D eigenvalue weighted by atomic mass is 32.2. The minimum Gasteiger partial charge on any atom is -0.397 e. The van der Waals surface area contributed by atoms with E-state index in [0.29, 0.717) is 17.8 Å². The molecule has 6 heteroatoms. The summed E-state index contributed by atoms with van der Waals surface area (Å²) in [5.41, 5.74) is 15.9. The van der Waals surface area contributed by atoms with Gasteiger partial charge in [-0.1, -0.05) is 37.3 Å². The van der Waals surface area contributed by atoms with Gasteiger partial charge in [0.1, 0.15) is 0 Å². The van der Waals surface area contributed by atoms with Crippen LogP contribution in [0.25, 0.3) is 11.1 Å². The fourth-order valence-corrected chi connectivity index (χ4v) is 3.28. The Morgan fingerprint density at radius 1 is 0.958 bits per heavy atom. The molecule has 130 valence electrons. The van der Waals surface area contributed by atoms with Crippen molar-refractivity contribution in [3.05, 3.63) is 48.0 Å². The van der Waals surface area contributed by atoms with E-state index in [1.165, 1.54) is 0 Å². The van der Waals surface area contributed by atoms with Gasteiger partial charge in [-0.05, 0) is 54.5 Å². The maximum atomic E-state index is 11.5. The molecular weight excluding hydrogens is 322 g/mol. The number of nitrogen functional groups attached to an aromatic ring is 2. The highest BCUT2D eigenvalue weighted by Gasteiger charge is 2.21. The Bertz CT molecular complexity index is 802. The van der Waals surface area contributed by atoms with E-state index in [0.717, 1.165) is 23.1 Å². The summed E-state index contributed by atoms with van der Waals surface area (Å²) in [6, 6.07) is 13.7. The first-order valence-electron chi connectivity index (χ1n) is 7.99. The van der Waals surface area contributed by atoms with Gasteiger partial charge in [0.2, 0.25) is 10.0 Å². The van der Waals surface area contributed by atoms with Crippen LogP contribution in [0.4, 0.5) is 11.4 Å². The quantitative estimate of drug-likeness (QED) is 0.697. The minimum atomic E-state index is -3.50. The van der Waals surface area contributed by atoms with Crippen molar-refractivity contribution in [1.82, 2.24) is 0 Å². The zero-order valence-electron chi connectivity index (χ0n) is 14.1. The summed E-state index contributed by atoms with van der Waals surface area (Å²) in [5.74, 6) is 0.156. The maximum absolute atomic E-state index is 11.5. The molecule has 0 amide bonds. The number of hydrogen-bond acceptors (Lipinski definition) is 4. The molecule has 1 unspecified atom stereocenters. The molecule has 0 radical (unpaired) electrons. The maximum Gasteiger partial charge on any atom is 0.211 e. The second kappa shape index (κ2) is 7.23. The van der Waals surface area contributed by atoms with Gasteiger partial charge >= 0.3 is 0 Å². The van der Waals surface area contributed by atoms with Crippen molar-refractivity contribution in [2.75, 3.05) is 11.5 Å². The van der Waals surface area contributed by atoms with Gasteiger partial charge in [-0.2, -0.15) is 0 Å². The Morgan fingerprint density at radius 3 is 2.04 bits per heavy atom. The van der Waals surface area contributed by atoms with E-state index in [1.54, 1.807) is 13.0 Å². The third-order valence-electron chi connectivity index (χ3n) is 4.47. The Morgan fingerprint density at radius 2 is 1.54 bits per heavy atom. The predicted octanol–water partition coefficient (Wildman–Crippen LogP) is 3.08. The average Bonchev–Trinajstić information content (AvgIpc) is 2.54. The van der Waals surface area contributed by atoms with Crippen molar-refractivity contribution < 1.29 is 8.42 Å². The smallest absolute Gasteiger partial charge is 0.211 e. The van der Waals surface area contributed by atoms with E-state index >= 15 is 0 Å². The van der Waals surface area contributed by atoms with Gasteiger partial charge in [-0.25, -0.2) is 13.6 Å². The van der Waals surface area contributed by atoms with Crippen molar-refractivity contribution >= 4 is 21.4 Å². The lowest BCUT2D eigenvalue weighted by atomic mass is 9.90. The van der Waals surface area contributed by atoms with E-state index in [2.05, 4.69) is 6.92 Å². The zero-order valence-corrected chi connectivity index (χ0v) is 14.9. The molecule has 0 fully saturated rings. The second-order valence-electron chi connectivity index (χ2n) is 6.21. The third-order valence-corrected chi connectivity index (χ3v) is 5.79. The highest BCUT2D eigenvalue weighted by Crippen LogP contribution is 2.30. The first kappa shape index (κ1) is 18.3. The van der Waals surface area contributed by atoms with E-state index in [9.17, 15) is 8.42 Å². The molecule has 0 aliphatic rings. The SMILES string of the molecule is CC[C@H](CC(C)S(N)(=O)=O)c1ccc(-c2ccc(N)c(N)c2)cc1. The molecule has 2 atom stereocenters. The van der Waals surface area contributed by atoms with Crippen LogP contribution in [-0.2, 0) is 10.0 Å². The van der Waals surface area contributed by atoms with Gasteiger partial charge < -0.3 is 11.5 Å². The fraction of sp³-hybridized carbons (Fsp3) is 0.333. The summed E-state index contributed by atoms with van der Waals surface area (Å²) in [6.45, 7) is 3.71. The largest absolute Gasteiger partial charge is 0.397 e. The topological polar surface area (TPSA) is 112 Å². The lowest BCUT2D eigenvalue weighted by Crippen LogP contribution is -2.27. The van der Waals surface area contributed by atoms with E-state index in [4.69, 9.17) is 16.6 Å². The van der Waals surface area contributed by atoms with Crippen LogP contribution >= 0.6 is 0 Å². The number of anilines is 2. The molecular formula is C18H25N3O2S. The molecule has 2 rings (SSSR count). The zero-order chi connectivity index (χ0) is 17.9. The Labute approximate surface area is 143 Å². The molecule has 0 aromatic heterocycles. The molecule has 5 nitrogen and oxygen atoms in total. The predicted molar refractivity (Wildman–Crippen MR) is 101 cm³/mol. The van der Waals surface area contributed by atoms with Crippen molar-refractivity contribution in [3.8, 4) is 11.1 Å². The molecule has 0 saturated carbocycles. The van der Waals surface area contributed by atoms with E-state index in [1.807, 2.05) is 36.4 Å². The van der Waals surface area contributed by atoms with Crippen LogP contribution in [0, 0.1) is 0 Å². The highest BCUT2D eigenvalue weighted by molar-refractivity contribution is 7.89. The van der Waals surface area contributed by atoms with Gasteiger partial charge in [0, 0.05) is 0 Å². The molecule has 0 bridgehead atoms. The molecule has 2 aromatic carbocycles. The van der Waals surface area contributed by atoms with E-state index < -0.39 is 15.3 Å². The van der Waals surface area contributed by atoms with Gasteiger partial charge in [0.05, 0.1) is 16.6 Å². The number of nitrogens with two attached hydrogens (primary N) is 3. The second-order valence-corrected chi connectivity index (χ2v) is 8.19. The number of primary sulfonamides is 1. The van der Waals surface area contributed by atoms with Gasteiger partial charge in [0.15, 0.2) is 0 Å². The van der Waals surface area contributed by atoms with Crippen LogP contribution in [-0.4, -0.2) is 13.7 Å². The van der Waals surface area contributed by atoms with Crippen LogP contribution in [0.5, 0.6) is 0 Å². The number of rotatable bonds is 6. The molecule has 6 N–H and O–H groups in total. The first-order chi connectivity index (χ1) is 11.2.